The zero-order valence-corrected chi connectivity index (χ0v) is 23.2. The highest BCUT2D eigenvalue weighted by Gasteiger charge is 2.36. The van der Waals surface area contributed by atoms with Crippen molar-refractivity contribution < 1.29 is 41.0 Å². The molecule has 1 saturated carbocycles. The van der Waals surface area contributed by atoms with Gasteiger partial charge in [-0.3, -0.25) is 9.48 Å². The standard InChI is InChI=1S/C26H26F4N6O5S/c1-25(2,39)14-36-13-17(11-32-36)22-19(26(28,29)30)12-31-24(35-22)34-21-8-7-18(9-20(21)27)42(40,41)33-10-15-3-5-16(6-4-15)23(37)38/h7-9,11-13,15-16,39H,3-6,14H2,1-2H3,(H-,31,34,35,37,38)/p+1. The number of hydrogen-bond donors (Lipinski definition) is 3. The Hall–Kier alpha value is -4.10. The molecule has 2 heterocycles. The van der Waals surface area contributed by atoms with E-state index in [-0.39, 0.29) is 23.7 Å². The Labute approximate surface area is 238 Å². The lowest BCUT2D eigenvalue weighted by Gasteiger charge is -2.19. The summed E-state index contributed by atoms with van der Waals surface area (Å²) in [5.74, 6) is -3.20. The highest BCUT2D eigenvalue weighted by Crippen LogP contribution is 2.36. The molecule has 1 aliphatic carbocycles. The third-order valence-electron chi connectivity index (χ3n) is 6.47. The van der Waals surface area contributed by atoms with Crippen molar-refractivity contribution in [1.29, 1.82) is 0 Å². The van der Waals surface area contributed by atoms with Crippen molar-refractivity contribution in [1.82, 2.24) is 19.7 Å². The van der Waals surface area contributed by atoms with Gasteiger partial charge in [0.2, 0.25) is 5.95 Å². The molecule has 0 radical (unpaired) electrons. The van der Waals surface area contributed by atoms with E-state index in [9.17, 15) is 35.9 Å². The van der Waals surface area contributed by atoms with Crippen molar-refractivity contribution in [3.63, 3.8) is 0 Å². The minimum atomic E-state index is -4.82. The number of aliphatic carboxylic acids is 1. The first-order valence-electron chi connectivity index (χ1n) is 12.7. The third kappa shape index (κ3) is 7.59. The monoisotopic (exact) mass is 611 g/mol. The largest absolute Gasteiger partial charge is 0.510 e. The molecule has 11 nitrogen and oxygen atoms in total. The van der Waals surface area contributed by atoms with E-state index in [0.29, 0.717) is 37.9 Å². The predicted octanol–water partition coefficient (Wildman–Crippen LogP) is 4.93. The Morgan fingerprint density at radius 1 is 1.19 bits per heavy atom. The van der Waals surface area contributed by atoms with E-state index in [0.717, 1.165) is 18.3 Å². The number of nitrogens with one attached hydrogen (secondary N) is 1. The molecule has 0 amide bonds. The maximum atomic E-state index is 14.9. The molecule has 0 saturated heterocycles. The van der Waals surface area contributed by atoms with Crippen LogP contribution in [0.15, 0.2) is 41.7 Å². The van der Waals surface area contributed by atoms with E-state index in [4.69, 9.17) is 5.11 Å². The number of anilines is 2. The van der Waals surface area contributed by atoms with Crippen molar-refractivity contribution in [3.8, 4) is 17.3 Å². The van der Waals surface area contributed by atoms with Gasteiger partial charge < -0.3 is 15.5 Å². The van der Waals surface area contributed by atoms with Crippen LogP contribution in [0.1, 0.15) is 45.1 Å². The topological polar surface area (TPSA) is 152 Å². The molecule has 2 aromatic heterocycles. The van der Waals surface area contributed by atoms with Crippen LogP contribution in [0.5, 0.6) is 0 Å². The molecule has 0 spiro atoms. The molecular formula is C26H27F4N6O5S+. The average molecular weight is 612 g/mol. The number of hydrogen-bond acceptors (Lipinski definition) is 8. The van der Waals surface area contributed by atoms with E-state index >= 15 is 0 Å². The molecule has 0 atom stereocenters. The van der Waals surface area contributed by atoms with Crippen molar-refractivity contribution in [2.45, 2.75) is 62.7 Å². The van der Waals surface area contributed by atoms with Gasteiger partial charge in [-0.05, 0) is 51.7 Å². The fourth-order valence-electron chi connectivity index (χ4n) is 4.38. The summed E-state index contributed by atoms with van der Waals surface area (Å²) in [5, 5.41) is 25.5. The number of nitrogens with zero attached hydrogens (tertiary/aromatic N) is 5. The quantitative estimate of drug-likeness (QED) is 0.316. The van der Waals surface area contributed by atoms with Crippen molar-refractivity contribution in [2.75, 3.05) is 5.32 Å². The highest BCUT2D eigenvalue weighted by molar-refractivity contribution is 7.93. The zero-order chi connectivity index (χ0) is 30.9. The van der Waals surface area contributed by atoms with Crippen molar-refractivity contribution in [2.24, 2.45) is 11.8 Å². The van der Waals surface area contributed by atoms with Crippen LogP contribution in [-0.2, 0) is 27.5 Å². The molecule has 42 heavy (non-hydrogen) atoms. The van der Waals surface area contributed by atoms with E-state index in [1.165, 1.54) is 24.7 Å². The normalized spacial score (nSPS) is 17.8. The lowest BCUT2D eigenvalue weighted by Crippen LogP contribution is -2.26. The van der Waals surface area contributed by atoms with Crippen LogP contribution in [0.2, 0.25) is 0 Å². The van der Waals surface area contributed by atoms with Crippen LogP contribution < -0.4 is 5.32 Å². The van der Waals surface area contributed by atoms with Crippen LogP contribution >= 0.6 is 0 Å². The third-order valence-corrected chi connectivity index (χ3v) is 7.66. The number of carboxylic acid groups (broad SMARTS) is 1. The molecule has 0 aliphatic heterocycles. The molecule has 3 aromatic rings. The molecule has 16 heteroatoms. The second-order valence-corrected chi connectivity index (χ2v) is 12.1. The molecule has 3 N–H and O–H groups in total. The van der Waals surface area contributed by atoms with E-state index in [1.807, 2.05) is 0 Å². The summed E-state index contributed by atoms with van der Waals surface area (Å²) >= 11 is 0. The number of halogens is 4. The molecule has 1 aliphatic rings. The summed E-state index contributed by atoms with van der Waals surface area (Å²) in [7, 11) is -4.33. The number of aromatic nitrogens is 4. The number of sulfonamides is 1. The molecule has 0 bridgehead atoms. The number of benzene rings is 1. The van der Waals surface area contributed by atoms with Gasteiger partial charge in [0, 0.05) is 24.0 Å². The Kier molecular flexibility index (Phi) is 8.55. The van der Waals surface area contributed by atoms with Gasteiger partial charge in [-0.2, -0.15) is 18.3 Å². The second kappa shape index (κ2) is 11.6. The summed E-state index contributed by atoms with van der Waals surface area (Å²) in [6.07, 6.45) is -0.324. The van der Waals surface area contributed by atoms with E-state index in [1.54, 1.807) is 0 Å². The van der Waals surface area contributed by atoms with Gasteiger partial charge >= 0.3 is 28.2 Å². The molecule has 1 aromatic carbocycles. The number of alkyl halides is 3. The van der Waals surface area contributed by atoms with Crippen LogP contribution in [0.3, 0.4) is 0 Å². The van der Waals surface area contributed by atoms with Crippen molar-refractivity contribution in [3.05, 3.63) is 52.4 Å². The average Bonchev–Trinajstić information content (AvgIpc) is 3.35. The Morgan fingerprint density at radius 2 is 1.88 bits per heavy atom. The van der Waals surface area contributed by atoms with Crippen LogP contribution in [-0.4, -0.2) is 49.9 Å². The lowest BCUT2D eigenvalue weighted by molar-refractivity contribution is -0.143. The first-order chi connectivity index (χ1) is 19.5. The van der Waals surface area contributed by atoms with Gasteiger partial charge in [0.1, 0.15) is 11.4 Å². The summed E-state index contributed by atoms with van der Waals surface area (Å²) in [6, 6.07) is 5.32. The van der Waals surface area contributed by atoms with Gasteiger partial charge in [0.25, 0.3) is 0 Å². The smallest absolute Gasteiger partial charge is 0.481 e. The SMILES string of the molecule is CC(C)(O)Cn1cc(-c2nc(Nc3ccc(S(=O)(=O)[N+]#CC4CCC(C(=O)O)CC4)cc3F)ncc2C(F)(F)F)cn1. The van der Waals surface area contributed by atoms with Crippen LogP contribution in [0.25, 0.3) is 15.5 Å². The molecular weight excluding hydrogens is 584 g/mol. The number of carbonyl (C=O) groups is 1. The van der Waals surface area contributed by atoms with Crippen molar-refractivity contribution >= 4 is 27.6 Å². The predicted molar refractivity (Wildman–Crippen MR) is 142 cm³/mol. The lowest BCUT2D eigenvalue weighted by atomic mass is 9.83. The summed E-state index contributed by atoms with van der Waals surface area (Å²) < 4.78 is 86.0. The molecule has 4 rings (SSSR count). The first-order valence-corrected chi connectivity index (χ1v) is 14.2. The van der Waals surface area contributed by atoms with Crippen LogP contribution in [0, 0.1) is 23.7 Å². The molecule has 224 valence electrons. The van der Waals surface area contributed by atoms with E-state index < -0.39 is 61.6 Å². The Bertz CT molecular complexity index is 1650. The van der Waals surface area contributed by atoms with Gasteiger partial charge in [0.15, 0.2) is 4.90 Å². The maximum absolute atomic E-state index is 14.9. The Balaban J connectivity index is 1.55. The van der Waals surface area contributed by atoms with Gasteiger partial charge in [0.05, 0.1) is 45.8 Å². The molecule has 0 unspecified atom stereocenters. The first kappa shape index (κ1) is 30.8. The Morgan fingerprint density at radius 3 is 2.48 bits per heavy atom. The number of aliphatic hydroxyl groups is 1. The minimum Gasteiger partial charge on any atom is -0.481 e. The fraction of sp³-hybridized carbons (Fsp3) is 0.423. The second-order valence-electron chi connectivity index (χ2n) is 10.5. The minimum absolute atomic E-state index is 0.00133. The zero-order valence-electron chi connectivity index (χ0n) is 22.4. The van der Waals surface area contributed by atoms with Crippen LogP contribution in [0.4, 0.5) is 29.2 Å². The summed E-state index contributed by atoms with van der Waals surface area (Å²) in [5.41, 5.74) is -3.22. The highest BCUT2D eigenvalue weighted by atomic mass is 32.2. The summed E-state index contributed by atoms with van der Waals surface area (Å²) in [6.45, 7) is 3.01. The van der Waals surface area contributed by atoms with Gasteiger partial charge in [-0.1, -0.05) is 0 Å². The molecule has 1 fully saturated rings. The fourth-order valence-corrected chi connectivity index (χ4v) is 5.27. The number of rotatable bonds is 7. The van der Waals surface area contributed by atoms with E-state index in [2.05, 4.69) is 30.7 Å². The van der Waals surface area contributed by atoms with Gasteiger partial charge in [-0.25, -0.2) is 14.4 Å². The maximum Gasteiger partial charge on any atom is 0.510 e. The number of carboxylic acids is 1. The van der Waals surface area contributed by atoms with Gasteiger partial charge in [-0.15, -0.1) is 8.42 Å². The summed E-state index contributed by atoms with van der Waals surface area (Å²) in [4.78, 5) is 18.1.